The van der Waals surface area contributed by atoms with Crippen LogP contribution in [0, 0.1) is 23.6 Å². The fourth-order valence-corrected chi connectivity index (χ4v) is 6.47. The number of halogens is 1. The number of hydrogen-bond donors (Lipinski definition) is 2. The Morgan fingerprint density at radius 1 is 0.978 bits per heavy atom. The Bertz CT molecular complexity index is 1580. The van der Waals surface area contributed by atoms with Crippen molar-refractivity contribution in [3.8, 4) is 11.1 Å². The van der Waals surface area contributed by atoms with Gasteiger partial charge in [0.15, 0.2) is 24.1 Å². The predicted octanol–water partition coefficient (Wildman–Crippen LogP) is 5.42. The van der Waals surface area contributed by atoms with Crippen LogP contribution in [0.1, 0.15) is 43.2 Å². The molecule has 0 spiro atoms. The SMILES string of the molecule is NCC1CCC(C(=O)C[C@@H](Cc2ccc(-c3ccnc(N4CCOCC4)c3F)cc2)C(=O)Nc2ccc(C3=NCN=N3)cc2)CC1. The van der Waals surface area contributed by atoms with Gasteiger partial charge in [0, 0.05) is 54.4 Å². The molecule has 3 heterocycles. The number of ether oxygens (including phenoxy) is 1. The second-order valence-corrected chi connectivity index (χ2v) is 12.2. The average Bonchev–Trinajstić information content (AvgIpc) is 3.65. The van der Waals surface area contributed by atoms with E-state index in [9.17, 15) is 9.59 Å². The van der Waals surface area contributed by atoms with Crippen LogP contribution in [0.2, 0.25) is 0 Å². The number of ketones is 1. The van der Waals surface area contributed by atoms with Crippen molar-refractivity contribution in [1.29, 1.82) is 0 Å². The molecule has 1 aliphatic carbocycles. The zero-order chi connectivity index (χ0) is 31.9. The number of hydrogen-bond acceptors (Lipinski definition) is 9. The van der Waals surface area contributed by atoms with E-state index in [1.165, 1.54) is 0 Å². The number of morpholine rings is 1. The molecule has 3 N–H and O–H groups in total. The summed E-state index contributed by atoms with van der Waals surface area (Å²) in [5, 5.41) is 10.9. The molecule has 10 nitrogen and oxygen atoms in total. The maximum Gasteiger partial charge on any atom is 0.228 e. The smallest absolute Gasteiger partial charge is 0.228 e. The summed E-state index contributed by atoms with van der Waals surface area (Å²) in [6.07, 6.45) is 5.68. The molecule has 1 atom stereocenters. The van der Waals surface area contributed by atoms with Gasteiger partial charge < -0.3 is 20.7 Å². The fourth-order valence-electron chi connectivity index (χ4n) is 6.47. The largest absolute Gasteiger partial charge is 0.378 e. The van der Waals surface area contributed by atoms with Crippen molar-refractivity contribution in [2.45, 2.75) is 38.5 Å². The molecule has 0 unspecified atom stereocenters. The Morgan fingerprint density at radius 3 is 2.37 bits per heavy atom. The van der Waals surface area contributed by atoms with Crippen molar-refractivity contribution in [3.63, 3.8) is 0 Å². The third-order valence-electron chi connectivity index (χ3n) is 9.24. The van der Waals surface area contributed by atoms with Crippen molar-refractivity contribution in [2.75, 3.05) is 49.7 Å². The van der Waals surface area contributed by atoms with Crippen LogP contribution in [-0.4, -0.2) is 62.0 Å². The maximum atomic E-state index is 15.6. The zero-order valence-corrected chi connectivity index (χ0v) is 25.9. The molecule has 2 fully saturated rings. The van der Waals surface area contributed by atoms with Crippen molar-refractivity contribution >= 4 is 29.0 Å². The number of aliphatic imine (C=N–C) groups is 1. The monoisotopic (exact) mass is 625 g/mol. The number of carbonyl (C=O) groups is 2. The van der Waals surface area contributed by atoms with Crippen LogP contribution in [0.5, 0.6) is 0 Å². The number of nitrogens with two attached hydrogens (primary N) is 1. The first-order valence-corrected chi connectivity index (χ1v) is 16.1. The summed E-state index contributed by atoms with van der Waals surface area (Å²) in [6.45, 7) is 3.24. The van der Waals surface area contributed by atoms with E-state index < -0.39 is 5.92 Å². The molecule has 0 radical (unpaired) electrons. The molecular weight excluding hydrogens is 585 g/mol. The van der Waals surface area contributed by atoms with Gasteiger partial charge in [-0.05, 0) is 86.0 Å². The molecule has 1 aromatic heterocycles. The number of amidine groups is 1. The first-order valence-electron chi connectivity index (χ1n) is 16.1. The van der Waals surface area contributed by atoms with E-state index in [2.05, 4.69) is 25.5 Å². The number of rotatable bonds is 11. The molecule has 2 aliphatic heterocycles. The van der Waals surface area contributed by atoms with E-state index >= 15 is 4.39 Å². The molecule has 11 heteroatoms. The van der Waals surface area contributed by atoms with Gasteiger partial charge in [0.25, 0.3) is 0 Å². The van der Waals surface area contributed by atoms with Gasteiger partial charge in [-0.3, -0.25) is 9.59 Å². The minimum absolute atomic E-state index is 0.0450. The van der Waals surface area contributed by atoms with Crippen molar-refractivity contribution in [1.82, 2.24) is 4.98 Å². The molecular formula is C35H40FN7O3. The van der Waals surface area contributed by atoms with E-state index in [0.717, 1.165) is 42.4 Å². The molecule has 1 saturated carbocycles. The molecule has 2 aromatic carbocycles. The Labute approximate surface area is 268 Å². The number of azo groups is 1. The summed E-state index contributed by atoms with van der Waals surface area (Å²) in [7, 11) is 0. The highest BCUT2D eigenvalue weighted by atomic mass is 19.1. The first kappa shape index (κ1) is 31.6. The molecule has 3 aliphatic rings. The van der Waals surface area contributed by atoms with Crippen LogP contribution in [0.4, 0.5) is 15.9 Å². The fraction of sp³-hybridized carbons (Fsp3) is 0.429. The van der Waals surface area contributed by atoms with Crippen LogP contribution in [0.25, 0.3) is 11.1 Å². The summed E-state index contributed by atoms with van der Waals surface area (Å²) in [4.78, 5) is 37.6. The molecule has 1 saturated heterocycles. The summed E-state index contributed by atoms with van der Waals surface area (Å²) in [5.41, 5.74) is 9.39. The van der Waals surface area contributed by atoms with Gasteiger partial charge in [-0.25, -0.2) is 14.4 Å². The topological polar surface area (TPSA) is 135 Å². The van der Waals surface area contributed by atoms with Crippen molar-refractivity contribution in [2.24, 2.45) is 38.7 Å². The lowest BCUT2D eigenvalue weighted by Crippen LogP contribution is -2.37. The van der Waals surface area contributed by atoms with E-state index in [1.807, 2.05) is 41.3 Å². The zero-order valence-electron chi connectivity index (χ0n) is 25.9. The number of benzene rings is 2. The third-order valence-corrected chi connectivity index (χ3v) is 9.24. The van der Waals surface area contributed by atoms with Gasteiger partial charge >= 0.3 is 0 Å². The predicted molar refractivity (Wildman–Crippen MR) is 175 cm³/mol. The number of amides is 1. The minimum Gasteiger partial charge on any atom is -0.378 e. The summed E-state index contributed by atoms with van der Waals surface area (Å²) in [6, 6.07) is 16.5. The van der Waals surface area contributed by atoms with E-state index in [1.54, 1.807) is 24.4 Å². The minimum atomic E-state index is -0.566. The van der Waals surface area contributed by atoms with Crippen LogP contribution >= 0.6 is 0 Å². The Hall–Kier alpha value is -4.35. The lowest BCUT2D eigenvalue weighted by Gasteiger charge is -2.28. The van der Waals surface area contributed by atoms with Crippen LogP contribution < -0.4 is 16.0 Å². The second kappa shape index (κ2) is 14.8. The molecule has 240 valence electrons. The highest BCUT2D eigenvalue weighted by Gasteiger charge is 2.30. The van der Waals surface area contributed by atoms with Crippen LogP contribution in [0.3, 0.4) is 0 Å². The van der Waals surface area contributed by atoms with Gasteiger partial charge in [-0.1, -0.05) is 24.3 Å². The highest BCUT2D eigenvalue weighted by molar-refractivity contribution is 6.01. The number of carbonyl (C=O) groups excluding carboxylic acids is 2. The van der Waals surface area contributed by atoms with E-state index in [-0.39, 0.29) is 29.8 Å². The van der Waals surface area contributed by atoms with Gasteiger partial charge in [-0.2, -0.15) is 5.11 Å². The molecule has 1 amide bonds. The summed E-state index contributed by atoms with van der Waals surface area (Å²) < 4.78 is 21.0. The lowest BCUT2D eigenvalue weighted by molar-refractivity contribution is -0.129. The Kier molecular flexibility index (Phi) is 10.2. The van der Waals surface area contributed by atoms with Crippen molar-refractivity contribution < 1.29 is 18.7 Å². The molecule has 6 rings (SSSR count). The first-order chi connectivity index (χ1) is 22.5. The average molecular weight is 626 g/mol. The van der Waals surface area contributed by atoms with Gasteiger partial charge in [-0.15, -0.1) is 5.11 Å². The van der Waals surface area contributed by atoms with Gasteiger partial charge in [0.2, 0.25) is 5.91 Å². The van der Waals surface area contributed by atoms with E-state index in [4.69, 9.17) is 10.5 Å². The number of aromatic nitrogens is 1. The number of anilines is 2. The molecule has 3 aromatic rings. The summed E-state index contributed by atoms with van der Waals surface area (Å²) in [5.74, 6) is 0.304. The molecule has 46 heavy (non-hydrogen) atoms. The highest BCUT2D eigenvalue weighted by Crippen LogP contribution is 2.32. The number of pyridine rings is 1. The molecule has 0 bridgehead atoms. The number of nitrogens with one attached hydrogen (secondary N) is 1. The van der Waals surface area contributed by atoms with Gasteiger partial charge in [0.05, 0.1) is 13.2 Å². The van der Waals surface area contributed by atoms with Crippen molar-refractivity contribution in [3.05, 3.63) is 77.7 Å². The summed E-state index contributed by atoms with van der Waals surface area (Å²) >= 11 is 0. The standard InChI is InChI=1S/C35H40FN7O3/c36-32-30(13-14-38-34(32)43-15-17-46-18-16-43)25-5-1-23(2-6-25)19-28(20-31(44)26-7-3-24(21-37)4-8-26)35(45)41-29-11-9-27(10-12-29)33-39-22-40-42-33/h1-2,5-6,9-14,24,26,28H,3-4,7-8,15-22,37H2,(H,41,45)/t24?,26?,28-/m1/s1. The second-order valence-electron chi connectivity index (χ2n) is 12.2. The quantitative estimate of drug-likeness (QED) is 0.292. The van der Waals surface area contributed by atoms with E-state index in [0.29, 0.717) is 74.8 Å². The Morgan fingerprint density at radius 2 is 1.70 bits per heavy atom. The third kappa shape index (κ3) is 7.54. The Balaban J connectivity index is 1.17. The van der Waals surface area contributed by atoms with Gasteiger partial charge in [0.1, 0.15) is 5.78 Å². The number of Topliss-reactive ketones (excluding diaryl/α,β-unsaturated/α-hetero) is 1. The lowest BCUT2D eigenvalue weighted by atomic mass is 9.77. The van der Waals surface area contributed by atoms with Crippen LogP contribution in [0.15, 0.2) is 76.0 Å². The normalized spacial score (nSPS) is 20.3. The maximum absolute atomic E-state index is 15.6. The van der Waals surface area contributed by atoms with Crippen LogP contribution in [-0.2, 0) is 20.7 Å². The number of nitrogens with zero attached hydrogens (tertiary/aromatic N) is 5.